The summed E-state index contributed by atoms with van der Waals surface area (Å²) >= 11 is 0. The molecule has 1 atom stereocenters. The van der Waals surface area contributed by atoms with Gasteiger partial charge in [0.25, 0.3) is 11.6 Å². The topological polar surface area (TPSA) is 85.2 Å². The fourth-order valence-electron chi connectivity index (χ4n) is 3.18. The first-order valence-corrected chi connectivity index (χ1v) is 9.72. The number of hydrogen-bond acceptors (Lipinski definition) is 5. The summed E-state index contributed by atoms with van der Waals surface area (Å²) in [6.07, 6.45) is 4.76. The second-order valence-electron chi connectivity index (χ2n) is 7.85. The van der Waals surface area contributed by atoms with Crippen molar-refractivity contribution in [1.29, 1.82) is 0 Å². The normalized spacial score (nSPS) is 15.0. The van der Waals surface area contributed by atoms with E-state index in [4.69, 9.17) is 10.3 Å². The van der Waals surface area contributed by atoms with E-state index in [2.05, 4.69) is 30.9 Å². The van der Waals surface area contributed by atoms with Crippen molar-refractivity contribution in [1.82, 2.24) is 15.0 Å². The monoisotopic (exact) mass is 394 g/mol. The van der Waals surface area contributed by atoms with E-state index in [-0.39, 0.29) is 24.4 Å². The van der Waals surface area contributed by atoms with Crippen LogP contribution in [0.5, 0.6) is 0 Å². The number of nitrogens with zero attached hydrogens (tertiary/aromatic N) is 3. The first-order chi connectivity index (χ1) is 12.4. The number of rotatable bonds is 8. The molecule has 0 saturated heterocycles. The van der Waals surface area contributed by atoms with Gasteiger partial charge in [0, 0.05) is 31.2 Å². The van der Waals surface area contributed by atoms with Gasteiger partial charge < -0.3 is 15.2 Å². The van der Waals surface area contributed by atoms with Crippen LogP contribution in [0.25, 0.3) is 11.1 Å². The zero-order valence-electron chi connectivity index (χ0n) is 16.7. The molecule has 0 radical (unpaired) electrons. The van der Waals surface area contributed by atoms with Gasteiger partial charge in [-0.25, -0.2) is 4.98 Å². The van der Waals surface area contributed by atoms with E-state index in [0.29, 0.717) is 29.7 Å². The lowest BCUT2D eigenvalue weighted by Crippen LogP contribution is -2.34. The van der Waals surface area contributed by atoms with E-state index in [1.165, 1.54) is 0 Å². The predicted octanol–water partition coefficient (Wildman–Crippen LogP) is 3.92. The number of fused-ring (bicyclic) bond motifs is 1. The first-order valence-electron chi connectivity index (χ1n) is 9.72. The molecule has 2 N–H and O–H groups in total. The van der Waals surface area contributed by atoms with Crippen LogP contribution in [0.3, 0.4) is 0 Å². The lowest BCUT2D eigenvalue weighted by Gasteiger charge is -2.22. The third-order valence-corrected chi connectivity index (χ3v) is 5.25. The molecule has 0 aromatic carbocycles. The Labute approximate surface area is 167 Å². The smallest absolute Gasteiger partial charge is 0.259 e. The summed E-state index contributed by atoms with van der Waals surface area (Å²) in [5.74, 6) is 0.850. The minimum atomic E-state index is -0.00388. The zero-order valence-corrected chi connectivity index (χ0v) is 17.5. The van der Waals surface area contributed by atoms with Gasteiger partial charge in [0.15, 0.2) is 0 Å². The van der Waals surface area contributed by atoms with E-state index in [1.807, 2.05) is 13.1 Å². The average molecular weight is 395 g/mol. The molecule has 2 aromatic rings. The lowest BCUT2D eigenvalue weighted by atomic mass is 10.0. The van der Waals surface area contributed by atoms with Crippen molar-refractivity contribution in [3.05, 3.63) is 23.0 Å². The van der Waals surface area contributed by atoms with Crippen LogP contribution in [0.4, 0.5) is 0 Å². The van der Waals surface area contributed by atoms with Crippen molar-refractivity contribution in [2.75, 3.05) is 13.6 Å². The molecule has 0 aliphatic heterocycles. The summed E-state index contributed by atoms with van der Waals surface area (Å²) in [7, 11) is 1.84. The molecule has 0 spiro atoms. The molecular weight excluding hydrogens is 364 g/mol. The average Bonchev–Trinajstić information content (AvgIpc) is 3.40. The minimum Gasteiger partial charge on any atom is -0.342 e. The Morgan fingerprint density at radius 3 is 2.70 bits per heavy atom. The van der Waals surface area contributed by atoms with Gasteiger partial charge in [-0.05, 0) is 37.7 Å². The molecule has 6 nitrogen and oxygen atoms in total. The number of carbonyl (C=O) groups excluding carboxylic acids is 1. The minimum absolute atomic E-state index is 0. The van der Waals surface area contributed by atoms with E-state index in [1.54, 1.807) is 4.90 Å². The molecule has 1 aliphatic carbocycles. The summed E-state index contributed by atoms with van der Waals surface area (Å²) in [5, 5.41) is 4.96. The van der Waals surface area contributed by atoms with E-state index in [0.717, 1.165) is 48.9 Å². The Balaban J connectivity index is 0.00000261. The first kappa shape index (κ1) is 21.6. The van der Waals surface area contributed by atoms with Crippen LogP contribution in [0, 0.1) is 5.92 Å². The van der Waals surface area contributed by atoms with Crippen LogP contribution in [0.2, 0.25) is 0 Å². The standard InChI is InChI=1S/C20H30N4O2.ClH/c1-5-6-16-18-14(20(25)24(4)10-9-15(21)12(2)3)11-17(13-7-8-13)22-19(18)26-23-16;/h11-13,15H,5-10,21H2,1-4H3;1H. The lowest BCUT2D eigenvalue weighted by molar-refractivity contribution is 0.0791. The second-order valence-corrected chi connectivity index (χ2v) is 7.85. The molecule has 1 saturated carbocycles. The number of amides is 1. The van der Waals surface area contributed by atoms with E-state index in [9.17, 15) is 4.79 Å². The Bertz CT molecular complexity index is 786. The van der Waals surface area contributed by atoms with Gasteiger partial charge in [0.05, 0.1) is 16.6 Å². The number of nitrogens with two attached hydrogens (primary N) is 1. The van der Waals surface area contributed by atoms with Crippen LogP contribution in [0.1, 0.15) is 74.1 Å². The van der Waals surface area contributed by atoms with E-state index < -0.39 is 0 Å². The molecule has 1 unspecified atom stereocenters. The second kappa shape index (κ2) is 9.02. The van der Waals surface area contributed by atoms with Crippen molar-refractivity contribution in [2.24, 2.45) is 11.7 Å². The predicted molar refractivity (Wildman–Crippen MR) is 109 cm³/mol. The molecule has 1 fully saturated rings. The maximum absolute atomic E-state index is 13.2. The largest absolute Gasteiger partial charge is 0.342 e. The van der Waals surface area contributed by atoms with Crippen molar-refractivity contribution in [3.63, 3.8) is 0 Å². The Morgan fingerprint density at radius 2 is 2.11 bits per heavy atom. The molecule has 1 amide bonds. The van der Waals surface area contributed by atoms with Crippen molar-refractivity contribution < 1.29 is 9.32 Å². The maximum Gasteiger partial charge on any atom is 0.259 e. The number of aryl methyl sites for hydroxylation is 1. The van der Waals surface area contributed by atoms with Crippen LogP contribution in [-0.2, 0) is 6.42 Å². The van der Waals surface area contributed by atoms with Crippen LogP contribution >= 0.6 is 12.4 Å². The number of carbonyl (C=O) groups is 1. The van der Waals surface area contributed by atoms with Crippen LogP contribution in [-0.4, -0.2) is 40.6 Å². The quantitative estimate of drug-likeness (QED) is 0.733. The fourth-order valence-corrected chi connectivity index (χ4v) is 3.18. The molecule has 3 rings (SSSR count). The molecule has 7 heteroatoms. The Hall–Kier alpha value is -1.66. The Kier molecular flexibility index (Phi) is 7.23. The summed E-state index contributed by atoms with van der Waals surface area (Å²) < 4.78 is 5.47. The molecule has 27 heavy (non-hydrogen) atoms. The number of halogens is 1. The van der Waals surface area contributed by atoms with Gasteiger partial charge in [-0.2, -0.15) is 0 Å². The number of hydrogen-bond donors (Lipinski definition) is 1. The summed E-state index contributed by atoms with van der Waals surface area (Å²) in [4.78, 5) is 19.6. The van der Waals surface area contributed by atoms with Crippen molar-refractivity contribution in [2.45, 2.75) is 64.8 Å². The molecule has 2 heterocycles. The summed E-state index contributed by atoms with van der Waals surface area (Å²) in [5.41, 5.74) is 9.08. The highest BCUT2D eigenvalue weighted by atomic mass is 35.5. The fraction of sp³-hybridized carbons (Fsp3) is 0.650. The van der Waals surface area contributed by atoms with Crippen LogP contribution in [0.15, 0.2) is 10.6 Å². The molecule has 0 bridgehead atoms. The van der Waals surface area contributed by atoms with Crippen molar-refractivity contribution in [3.8, 4) is 0 Å². The molecule has 150 valence electrons. The van der Waals surface area contributed by atoms with Gasteiger partial charge in [-0.15, -0.1) is 12.4 Å². The highest BCUT2D eigenvalue weighted by Gasteiger charge is 2.29. The van der Waals surface area contributed by atoms with Gasteiger partial charge in [0.2, 0.25) is 0 Å². The number of aromatic nitrogens is 2. The molecular formula is C20H31ClN4O2. The van der Waals surface area contributed by atoms with Crippen molar-refractivity contribution >= 4 is 29.4 Å². The highest BCUT2D eigenvalue weighted by Crippen LogP contribution is 2.40. The third kappa shape index (κ3) is 4.79. The summed E-state index contributed by atoms with van der Waals surface area (Å²) in [6, 6.07) is 2.05. The van der Waals surface area contributed by atoms with Gasteiger partial charge >= 0.3 is 0 Å². The Morgan fingerprint density at radius 1 is 1.41 bits per heavy atom. The summed E-state index contributed by atoms with van der Waals surface area (Å²) in [6.45, 7) is 6.94. The van der Waals surface area contributed by atoms with Gasteiger partial charge in [-0.1, -0.05) is 32.3 Å². The van der Waals surface area contributed by atoms with Crippen LogP contribution < -0.4 is 5.73 Å². The van der Waals surface area contributed by atoms with E-state index >= 15 is 0 Å². The highest BCUT2D eigenvalue weighted by molar-refractivity contribution is 6.06. The third-order valence-electron chi connectivity index (χ3n) is 5.25. The SMILES string of the molecule is CCCc1noc2nc(C3CC3)cc(C(=O)N(C)CCC(N)C(C)C)c12.Cl. The van der Waals surface area contributed by atoms with Gasteiger partial charge in [0.1, 0.15) is 0 Å². The molecule has 2 aromatic heterocycles. The molecule has 1 aliphatic rings. The maximum atomic E-state index is 13.2. The van der Waals surface area contributed by atoms with Gasteiger partial charge in [-0.3, -0.25) is 4.79 Å². The number of pyridine rings is 1. The zero-order chi connectivity index (χ0) is 18.8.